The fraction of sp³-hybridized carbons (Fsp3) is 0.240. The van der Waals surface area contributed by atoms with Crippen molar-refractivity contribution in [1.82, 2.24) is 0 Å². The van der Waals surface area contributed by atoms with Gasteiger partial charge in [-0.15, -0.1) is 0 Å². The lowest BCUT2D eigenvalue weighted by molar-refractivity contribution is 0.112. The number of rotatable bonds is 5. The second kappa shape index (κ2) is 6.92. The number of carbonyl (C=O) groups excluding carboxylic acids is 1. The van der Waals surface area contributed by atoms with Gasteiger partial charge < -0.3 is 0 Å². The van der Waals surface area contributed by atoms with Crippen molar-refractivity contribution in [2.45, 2.75) is 38.5 Å². The van der Waals surface area contributed by atoms with Gasteiger partial charge in [-0.05, 0) is 22.3 Å². The van der Waals surface area contributed by atoms with Gasteiger partial charge in [0.1, 0.15) is 6.29 Å². The summed E-state index contributed by atoms with van der Waals surface area (Å²) in [5.41, 5.74) is 5.03. The smallest absolute Gasteiger partial charge is 0.150 e. The highest BCUT2D eigenvalue weighted by Crippen LogP contribution is 2.42. The molecule has 0 aliphatic carbocycles. The summed E-state index contributed by atoms with van der Waals surface area (Å²) in [6, 6.07) is 27.0. The zero-order valence-corrected chi connectivity index (χ0v) is 16.0. The van der Waals surface area contributed by atoms with Gasteiger partial charge >= 0.3 is 0 Å². The third kappa shape index (κ3) is 3.10. The van der Waals surface area contributed by atoms with E-state index in [-0.39, 0.29) is 10.8 Å². The molecule has 0 aromatic heterocycles. The molecule has 0 radical (unpaired) electrons. The number of aldehydes is 1. The summed E-state index contributed by atoms with van der Waals surface area (Å²) in [7, 11) is 0. The first-order chi connectivity index (χ1) is 12.4. The summed E-state index contributed by atoms with van der Waals surface area (Å²) in [4.78, 5) is 11.9. The summed E-state index contributed by atoms with van der Waals surface area (Å²) >= 11 is 0. The Hall–Kier alpha value is -2.67. The van der Waals surface area contributed by atoms with Crippen LogP contribution in [-0.4, -0.2) is 6.29 Å². The van der Waals surface area contributed by atoms with Gasteiger partial charge in [0.05, 0.1) is 0 Å². The Morgan fingerprint density at radius 3 is 1.62 bits per heavy atom. The Bertz CT molecular complexity index is 890. The number of hydrogen-bond acceptors (Lipinski definition) is 1. The van der Waals surface area contributed by atoms with Gasteiger partial charge in [-0.1, -0.05) is 107 Å². The molecule has 1 heteroatoms. The van der Waals surface area contributed by atoms with Crippen molar-refractivity contribution in [1.29, 1.82) is 0 Å². The van der Waals surface area contributed by atoms with Crippen LogP contribution >= 0.6 is 0 Å². The molecular weight excluding hydrogens is 316 g/mol. The highest BCUT2D eigenvalue weighted by molar-refractivity contribution is 5.80. The quantitative estimate of drug-likeness (QED) is 0.508. The van der Waals surface area contributed by atoms with E-state index in [0.717, 1.165) is 17.4 Å². The Labute approximate surface area is 156 Å². The monoisotopic (exact) mass is 342 g/mol. The molecule has 3 rings (SSSR count). The van der Waals surface area contributed by atoms with E-state index in [0.29, 0.717) is 0 Å². The van der Waals surface area contributed by atoms with E-state index in [1.54, 1.807) is 0 Å². The standard InChI is InChI=1S/C25H26O/c1-24(2,20-13-7-5-8-14-20)22-17-11-12-19(18-26)23(22)25(3,4)21-15-9-6-10-16-21/h5-18H,1-4H3. The van der Waals surface area contributed by atoms with Crippen molar-refractivity contribution in [2.24, 2.45) is 0 Å². The molecule has 0 atom stereocenters. The lowest BCUT2D eigenvalue weighted by Crippen LogP contribution is -2.29. The summed E-state index contributed by atoms with van der Waals surface area (Å²) < 4.78 is 0. The van der Waals surface area contributed by atoms with Gasteiger partial charge in [0.25, 0.3) is 0 Å². The first kappa shape index (κ1) is 18.1. The predicted molar refractivity (Wildman–Crippen MR) is 109 cm³/mol. The number of hydrogen-bond donors (Lipinski definition) is 0. The van der Waals surface area contributed by atoms with E-state index >= 15 is 0 Å². The minimum Gasteiger partial charge on any atom is -0.298 e. The molecule has 0 saturated heterocycles. The van der Waals surface area contributed by atoms with Crippen molar-refractivity contribution in [3.8, 4) is 0 Å². The highest BCUT2D eigenvalue weighted by atomic mass is 16.1. The van der Waals surface area contributed by atoms with Crippen LogP contribution in [-0.2, 0) is 10.8 Å². The minimum atomic E-state index is -0.278. The molecule has 1 nitrogen and oxygen atoms in total. The van der Waals surface area contributed by atoms with Gasteiger partial charge in [0, 0.05) is 16.4 Å². The maximum absolute atomic E-state index is 11.9. The Kier molecular flexibility index (Phi) is 4.82. The minimum absolute atomic E-state index is 0.207. The normalized spacial score (nSPS) is 12.0. The zero-order chi connectivity index (χ0) is 18.8. The van der Waals surface area contributed by atoms with Gasteiger partial charge in [-0.2, -0.15) is 0 Å². The topological polar surface area (TPSA) is 17.1 Å². The van der Waals surface area contributed by atoms with Crippen molar-refractivity contribution >= 4 is 6.29 Å². The SMILES string of the molecule is CC(C)(c1ccccc1)c1cccc(C=O)c1C(C)(C)c1ccccc1. The highest BCUT2D eigenvalue weighted by Gasteiger charge is 2.34. The van der Waals surface area contributed by atoms with E-state index in [9.17, 15) is 4.79 Å². The number of carbonyl (C=O) groups is 1. The average molecular weight is 342 g/mol. The fourth-order valence-corrected chi connectivity index (χ4v) is 3.90. The van der Waals surface area contributed by atoms with Crippen molar-refractivity contribution in [3.63, 3.8) is 0 Å². The molecule has 0 fully saturated rings. The molecule has 0 saturated carbocycles. The molecule has 0 spiro atoms. The van der Waals surface area contributed by atoms with E-state index in [1.807, 2.05) is 24.3 Å². The van der Waals surface area contributed by atoms with Crippen LogP contribution in [0.3, 0.4) is 0 Å². The van der Waals surface area contributed by atoms with Gasteiger partial charge in [-0.25, -0.2) is 0 Å². The van der Waals surface area contributed by atoms with E-state index in [2.05, 4.69) is 82.3 Å². The lowest BCUT2D eigenvalue weighted by Gasteiger charge is -2.36. The molecule has 0 unspecified atom stereocenters. The molecule has 26 heavy (non-hydrogen) atoms. The first-order valence-electron chi connectivity index (χ1n) is 9.09. The molecule has 0 heterocycles. The molecule has 0 amide bonds. The second-order valence-electron chi connectivity index (χ2n) is 7.87. The van der Waals surface area contributed by atoms with Crippen molar-refractivity contribution < 1.29 is 4.79 Å². The Balaban J connectivity index is 2.28. The van der Waals surface area contributed by atoms with Crippen LogP contribution in [0.1, 0.15) is 60.3 Å². The van der Waals surface area contributed by atoms with Crippen LogP contribution < -0.4 is 0 Å². The molecule has 0 aliphatic heterocycles. The molecule has 0 bridgehead atoms. The van der Waals surface area contributed by atoms with Crippen LogP contribution in [0.15, 0.2) is 78.9 Å². The van der Waals surface area contributed by atoms with Gasteiger partial charge in [0.15, 0.2) is 0 Å². The average Bonchev–Trinajstić information content (AvgIpc) is 2.68. The zero-order valence-electron chi connectivity index (χ0n) is 16.0. The fourth-order valence-electron chi connectivity index (χ4n) is 3.90. The summed E-state index contributed by atoms with van der Waals surface area (Å²) in [6.45, 7) is 8.87. The molecule has 0 N–H and O–H groups in total. The third-order valence-corrected chi connectivity index (χ3v) is 5.51. The first-order valence-corrected chi connectivity index (χ1v) is 9.09. The lowest BCUT2D eigenvalue weighted by atomic mass is 9.67. The van der Waals surface area contributed by atoms with Crippen LogP contribution in [0.2, 0.25) is 0 Å². The van der Waals surface area contributed by atoms with E-state index in [1.165, 1.54) is 16.7 Å². The van der Waals surface area contributed by atoms with Crippen LogP contribution in [0.25, 0.3) is 0 Å². The van der Waals surface area contributed by atoms with E-state index < -0.39 is 0 Å². The molecular formula is C25H26O. The third-order valence-electron chi connectivity index (χ3n) is 5.51. The maximum Gasteiger partial charge on any atom is 0.150 e. The second-order valence-corrected chi connectivity index (χ2v) is 7.87. The number of benzene rings is 3. The van der Waals surface area contributed by atoms with Crippen LogP contribution in [0.4, 0.5) is 0 Å². The largest absolute Gasteiger partial charge is 0.298 e. The van der Waals surface area contributed by atoms with Crippen molar-refractivity contribution in [2.75, 3.05) is 0 Å². The molecule has 3 aromatic rings. The summed E-state index contributed by atoms with van der Waals surface area (Å²) in [6.07, 6.45) is 0.991. The van der Waals surface area contributed by atoms with Crippen LogP contribution in [0, 0.1) is 0 Å². The summed E-state index contributed by atoms with van der Waals surface area (Å²) in [5, 5.41) is 0. The van der Waals surface area contributed by atoms with Crippen LogP contribution in [0.5, 0.6) is 0 Å². The predicted octanol–water partition coefficient (Wildman–Crippen LogP) is 6.15. The van der Waals surface area contributed by atoms with Gasteiger partial charge in [-0.3, -0.25) is 4.79 Å². The van der Waals surface area contributed by atoms with Gasteiger partial charge in [0.2, 0.25) is 0 Å². The molecule has 0 aliphatic rings. The van der Waals surface area contributed by atoms with E-state index in [4.69, 9.17) is 0 Å². The molecule has 3 aromatic carbocycles. The Morgan fingerprint density at radius 1 is 0.615 bits per heavy atom. The summed E-state index contributed by atoms with van der Waals surface area (Å²) in [5.74, 6) is 0. The van der Waals surface area contributed by atoms with Crippen molar-refractivity contribution in [3.05, 3.63) is 107 Å². The molecule has 132 valence electrons. The Morgan fingerprint density at radius 2 is 1.12 bits per heavy atom. The maximum atomic E-state index is 11.9.